The number of aromatic amines is 1. The van der Waals surface area contributed by atoms with E-state index in [1.807, 2.05) is 0 Å². The molecule has 21 heavy (non-hydrogen) atoms. The second-order valence-corrected chi connectivity index (χ2v) is 5.88. The number of nitrogens with one attached hydrogen (secondary N) is 1. The van der Waals surface area contributed by atoms with Crippen molar-refractivity contribution in [3.63, 3.8) is 0 Å². The lowest BCUT2D eigenvalue weighted by Crippen LogP contribution is -2.37. The smallest absolute Gasteiger partial charge is 0.363 e. The Hall–Kier alpha value is -1.28. The van der Waals surface area contributed by atoms with Gasteiger partial charge < -0.3 is 15.2 Å². The maximum absolute atomic E-state index is 10.8. The monoisotopic (exact) mass is 348 g/mol. The van der Waals surface area contributed by atoms with Crippen LogP contribution >= 0.6 is 35.0 Å². The standard InChI is InChI=1S/C12H11Cl2N3O3S/c1-21-12-15-11(17(19)20)6-16(12)5-10(18)8-3-2-7(13)4-9(8)14/h2-4,6,10,18H,5H2,1H3/p+1. The van der Waals surface area contributed by atoms with Crippen LogP contribution in [0.25, 0.3) is 0 Å². The number of imidazole rings is 1. The molecule has 0 spiro atoms. The maximum Gasteiger partial charge on any atom is 0.363 e. The Labute approximate surface area is 134 Å². The van der Waals surface area contributed by atoms with Crippen LogP contribution in [-0.2, 0) is 6.54 Å². The van der Waals surface area contributed by atoms with Crippen LogP contribution in [0, 0.1) is 10.1 Å². The molecule has 1 heterocycles. The Bertz CT molecular complexity index is 678. The van der Waals surface area contributed by atoms with Gasteiger partial charge in [0.15, 0.2) is 6.20 Å². The van der Waals surface area contributed by atoms with Gasteiger partial charge in [-0.3, -0.25) is 0 Å². The molecule has 0 aliphatic heterocycles. The Morgan fingerprint density at radius 3 is 2.81 bits per heavy atom. The molecular weight excluding hydrogens is 337 g/mol. The Morgan fingerprint density at radius 1 is 1.52 bits per heavy atom. The van der Waals surface area contributed by atoms with Crippen LogP contribution in [0.2, 0.25) is 10.0 Å². The second-order valence-electron chi connectivity index (χ2n) is 4.24. The molecule has 0 radical (unpaired) electrons. The highest BCUT2D eigenvalue weighted by Crippen LogP contribution is 2.27. The summed E-state index contributed by atoms with van der Waals surface area (Å²) in [6.45, 7) is 0.141. The Morgan fingerprint density at radius 2 is 2.24 bits per heavy atom. The quantitative estimate of drug-likeness (QED) is 0.376. The molecular formula is C12H12Cl2N3O3S+. The number of H-pyrrole nitrogens is 1. The number of aliphatic hydroxyl groups excluding tert-OH is 1. The zero-order valence-electron chi connectivity index (χ0n) is 10.9. The van der Waals surface area contributed by atoms with Crippen LogP contribution < -0.4 is 4.57 Å². The summed E-state index contributed by atoms with van der Waals surface area (Å²) in [5.74, 6) is -0.131. The number of halogens is 2. The maximum atomic E-state index is 10.8. The fraction of sp³-hybridized carbons (Fsp3) is 0.250. The molecule has 1 aromatic heterocycles. The fourth-order valence-corrected chi connectivity index (χ4v) is 2.98. The lowest BCUT2D eigenvalue weighted by atomic mass is 10.1. The van der Waals surface area contributed by atoms with E-state index in [2.05, 4.69) is 4.98 Å². The van der Waals surface area contributed by atoms with E-state index in [0.29, 0.717) is 20.8 Å². The van der Waals surface area contributed by atoms with E-state index in [4.69, 9.17) is 23.2 Å². The van der Waals surface area contributed by atoms with Crippen LogP contribution in [0.15, 0.2) is 29.6 Å². The molecule has 2 rings (SSSR count). The molecule has 1 atom stereocenters. The molecule has 2 N–H and O–H groups in total. The first kappa shape index (κ1) is 16.1. The van der Waals surface area contributed by atoms with Crippen molar-refractivity contribution in [2.75, 3.05) is 6.26 Å². The van der Waals surface area contributed by atoms with Gasteiger partial charge in [-0.25, -0.2) is 4.57 Å². The average molecular weight is 349 g/mol. The average Bonchev–Trinajstić information content (AvgIpc) is 2.81. The normalized spacial score (nSPS) is 12.4. The van der Waals surface area contributed by atoms with Gasteiger partial charge in [-0.15, -0.1) is 0 Å². The van der Waals surface area contributed by atoms with Gasteiger partial charge in [0.2, 0.25) is 0 Å². The van der Waals surface area contributed by atoms with Crippen molar-refractivity contribution in [3.05, 3.63) is 50.1 Å². The minimum Gasteiger partial charge on any atom is -0.384 e. The van der Waals surface area contributed by atoms with E-state index in [-0.39, 0.29) is 12.4 Å². The third-order valence-electron chi connectivity index (χ3n) is 2.86. The van der Waals surface area contributed by atoms with Crippen LogP contribution in [0.5, 0.6) is 0 Å². The summed E-state index contributed by atoms with van der Waals surface area (Å²) >= 11 is 13.2. The highest BCUT2D eigenvalue weighted by Gasteiger charge is 2.23. The lowest BCUT2D eigenvalue weighted by molar-refractivity contribution is -0.739. The molecule has 0 aliphatic carbocycles. The van der Waals surface area contributed by atoms with Crippen LogP contribution in [0.1, 0.15) is 11.7 Å². The van der Waals surface area contributed by atoms with Gasteiger partial charge in [0.25, 0.3) is 0 Å². The van der Waals surface area contributed by atoms with E-state index >= 15 is 0 Å². The van der Waals surface area contributed by atoms with Crippen molar-refractivity contribution in [2.24, 2.45) is 0 Å². The molecule has 112 valence electrons. The van der Waals surface area contributed by atoms with E-state index in [1.54, 1.807) is 29.0 Å². The minimum absolute atomic E-state index is 0.131. The van der Waals surface area contributed by atoms with Crippen molar-refractivity contribution in [2.45, 2.75) is 17.8 Å². The zero-order chi connectivity index (χ0) is 15.6. The number of aromatic nitrogens is 2. The molecule has 0 aliphatic rings. The molecule has 6 nitrogen and oxygen atoms in total. The number of nitrogens with zero attached hydrogens (tertiary/aromatic N) is 2. The zero-order valence-corrected chi connectivity index (χ0v) is 13.2. The molecule has 1 aromatic carbocycles. The van der Waals surface area contributed by atoms with Crippen LogP contribution in [0.3, 0.4) is 0 Å². The van der Waals surface area contributed by atoms with E-state index in [9.17, 15) is 15.2 Å². The Balaban J connectivity index is 2.26. The second kappa shape index (κ2) is 6.65. The van der Waals surface area contributed by atoms with Crippen molar-refractivity contribution < 1.29 is 14.6 Å². The first-order valence-electron chi connectivity index (χ1n) is 5.86. The SMILES string of the molecule is CSc1[nH]c([N+](=O)[O-])c[n+]1CC(O)c1ccc(Cl)cc1Cl. The predicted molar refractivity (Wildman–Crippen MR) is 80.8 cm³/mol. The van der Waals surface area contributed by atoms with Gasteiger partial charge in [-0.05, 0) is 35.1 Å². The van der Waals surface area contributed by atoms with Crippen molar-refractivity contribution in [3.8, 4) is 0 Å². The number of hydrogen-bond donors (Lipinski definition) is 2. The highest BCUT2D eigenvalue weighted by atomic mass is 35.5. The summed E-state index contributed by atoms with van der Waals surface area (Å²) in [4.78, 5) is 12.9. The highest BCUT2D eigenvalue weighted by molar-refractivity contribution is 7.98. The lowest BCUT2D eigenvalue weighted by Gasteiger charge is -2.11. The molecule has 0 bridgehead atoms. The van der Waals surface area contributed by atoms with Gasteiger partial charge in [-0.1, -0.05) is 29.3 Å². The number of benzene rings is 1. The van der Waals surface area contributed by atoms with Crippen molar-refractivity contribution in [1.29, 1.82) is 0 Å². The minimum atomic E-state index is -0.902. The summed E-state index contributed by atoms with van der Waals surface area (Å²) < 4.78 is 1.58. The molecule has 1 unspecified atom stereocenters. The summed E-state index contributed by atoms with van der Waals surface area (Å²) in [6.07, 6.45) is 2.23. The summed E-state index contributed by atoms with van der Waals surface area (Å²) in [7, 11) is 0. The molecule has 2 aromatic rings. The third kappa shape index (κ3) is 3.68. The molecule has 9 heteroatoms. The number of nitro groups is 1. The van der Waals surface area contributed by atoms with Gasteiger partial charge >= 0.3 is 11.0 Å². The molecule has 0 saturated carbocycles. The first-order valence-corrected chi connectivity index (χ1v) is 7.84. The largest absolute Gasteiger partial charge is 0.384 e. The summed E-state index contributed by atoms with van der Waals surface area (Å²) in [6, 6.07) is 4.81. The number of thioether (sulfide) groups is 1. The van der Waals surface area contributed by atoms with E-state index < -0.39 is 11.0 Å². The van der Waals surface area contributed by atoms with Gasteiger partial charge in [0.1, 0.15) is 12.6 Å². The summed E-state index contributed by atoms with van der Waals surface area (Å²) in [5, 5.41) is 22.5. The van der Waals surface area contributed by atoms with Crippen molar-refractivity contribution >= 4 is 40.8 Å². The molecule has 0 fully saturated rings. The van der Waals surface area contributed by atoms with Crippen LogP contribution in [-0.4, -0.2) is 21.3 Å². The van der Waals surface area contributed by atoms with Gasteiger partial charge in [-0.2, -0.15) is 4.98 Å². The predicted octanol–water partition coefficient (Wildman–Crippen LogP) is 2.97. The topological polar surface area (TPSA) is 83.0 Å². The fourth-order valence-electron chi connectivity index (χ4n) is 1.87. The van der Waals surface area contributed by atoms with Crippen molar-refractivity contribution in [1.82, 2.24) is 4.98 Å². The first-order chi connectivity index (χ1) is 9.92. The summed E-state index contributed by atoms with van der Waals surface area (Å²) in [5.41, 5.74) is 0.518. The van der Waals surface area contributed by atoms with Gasteiger partial charge in [0.05, 0.1) is 0 Å². The Kier molecular flexibility index (Phi) is 5.10. The molecule has 0 saturated heterocycles. The third-order valence-corrected chi connectivity index (χ3v) is 4.14. The number of aliphatic hydroxyl groups is 1. The van der Waals surface area contributed by atoms with E-state index in [1.165, 1.54) is 18.0 Å². The van der Waals surface area contributed by atoms with E-state index in [0.717, 1.165) is 0 Å². The number of rotatable bonds is 5. The molecule has 0 amide bonds. The van der Waals surface area contributed by atoms with Gasteiger partial charge in [0, 0.05) is 15.6 Å². The van der Waals surface area contributed by atoms with Crippen LogP contribution in [0.4, 0.5) is 5.82 Å². The number of hydrogen-bond acceptors (Lipinski definition) is 4.